The van der Waals surface area contributed by atoms with Crippen LogP contribution in [0.25, 0.3) is 0 Å². The van der Waals surface area contributed by atoms with Gasteiger partial charge in [-0.25, -0.2) is 0 Å². The minimum absolute atomic E-state index is 0.0488. The van der Waals surface area contributed by atoms with Crippen LogP contribution in [0.2, 0.25) is 0 Å². The molecule has 4 aliphatic carbocycles. The molecule has 3 heteroatoms. The lowest BCUT2D eigenvalue weighted by Crippen LogP contribution is -2.68. The molecule has 2 N–H and O–H groups in total. The van der Waals surface area contributed by atoms with Gasteiger partial charge in [-0.2, -0.15) is 0 Å². The number of aliphatic hydroxyl groups is 1. The third-order valence-corrected chi connectivity index (χ3v) is 5.48. The van der Waals surface area contributed by atoms with Gasteiger partial charge in [-0.15, -0.1) is 0 Å². The van der Waals surface area contributed by atoms with Gasteiger partial charge in [0.05, 0.1) is 0 Å². The van der Waals surface area contributed by atoms with Gasteiger partial charge in [0.25, 0.3) is 0 Å². The Kier molecular flexibility index (Phi) is 2.28. The summed E-state index contributed by atoms with van der Waals surface area (Å²) in [7, 11) is 0. The van der Waals surface area contributed by atoms with Crippen molar-refractivity contribution in [3.8, 4) is 0 Å². The zero-order valence-corrected chi connectivity index (χ0v) is 11.8. The van der Waals surface area contributed by atoms with E-state index in [9.17, 15) is 9.90 Å². The summed E-state index contributed by atoms with van der Waals surface area (Å²) in [6, 6.07) is 0. The lowest BCUT2D eigenvalue weighted by Gasteiger charge is -2.69. The van der Waals surface area contributed by atoms with E-state index in [-0.39, 0.29) is 23.5 Å². The number of carbonyl (C=O) groups is 1. The molecule has 4 aliphatic rings. The molecule has 0 aromatic heterocycles. The fraction of sp³-hybridized carbons (Fsp3) is 0.933. The molecule has 0 aromatic carbocycles. The molecular weight excluding hydrogens is 226 g/mol. The maximum Gasteiger partial charge on any atom is 0.217 e. The lowest BCUT2D eigenvalue weighted by molar-refractivity contribution is -0.180. The van der Waals surface area contributed by atoms with Gasteiger partial charge in [0.15, 0.2) is 0 Å². The molecule has 3 nitrogen and oxygen atoms in total. The van der Waals surface area contributed by atoms with E-state index in [4.69, 9.17) is 0 Å². The van der Waals surface area contributed by atoms with E-state index in [2.05, 4.69) is 19.2 Å². The molecule has 0 heterocycles. The fourth-order valence-electron chi connectivity index (χ4n) is 6.62. The van der Waals surface area contributed by atoms with Crippen LogP contribution >= 0.6 is 0 Å². The van der Waals surface area contributed by atoms with Crippen molar-refractivity contribution in [2.45, 2.75) is 64.8 Å². The number of hydrogen-bond acceptors (Lipinski definition) is 2. The summed E-state index contributed by atoms with van der Waals surface area (Å²) in [5, 5.41) is 13.1. The van der Waals surface area contributed by atoms with Gasteiger partial charge in [0.1, 0.15) is 0 Å². The summed E-state index contributed by atoms with van der Waals surface area (Å²) < 4.78 is 0. The highest BCUT2D eigenvalue weighted by Gasteiger charge is 2.65. The lowest BCUT2D eigenvalue weighted by atomic mass is 9.38. The van der Waals surface area contributed by atoms with Gasteiger partial charge in [0.2, 0.25) is 5.91 Å². The first kappa shape index (κ1) is 12.5. The SMILES string of the molecule is CC(=O)NC12CC3(C)CC(C)(CC(CO)(C3)C1)C2. The Labute approximate surface area is 109 Å². The van der Waals surface area contributed by atoms with Crippen LogP contribution in [0.1, 0.15) is 59.3 Å². The van der Waals surface area contributed by atoms with E-state index < -0.39 is 0 Å². The number of nitrogens with one attached hydrogen (secondary N) is 1. The number of rotatable bonds is 2. The van der Waals surface area contributed by atoms with Crippen LogP contribution < -0.4 is 5.32 Å². The number of carbonyl (C=O) groups excluding carboxylic acids is 1. The van der Waals surface area contributed by atoms with Gasteiger partial charge in [-0.1, -0.05) is 13.8 Å². The number of aliphatic hydroxyl groups excluding tert-OH is 1. The van der Waals surface area contributed by atoms with Crippen molar-refractivity contribution in [1.82, 2.24) is 5.32 Å². The second kappa shape index (κ2) is 3.30. The second-order valence-electron chi connectivity index (χ2n) is 8.30. The van der Waals surface area contributed by atoms with Gasteiger partial charge in [0, 0.05) is 19.1 Å². The van der Waals surface area contributed by atoms with Crippen LogP contribution in [0.4, 0.5) is 0 Å². The topological polar surface area (TPSA) is 49.3 Å². The smallest absolute Gasteiger partial charge is 0.217 e. The number of hydrogen-bond donors (Lipinski definition) is 2. The van der Waals surface area contributed by atoms with Crippen molar-refractivity contribution in [1.29, 1.82) is 0 Å². The van der Waals surface area contributed by atoms with E-state index >= 15 is 0 Å². The molecule has 4 fully saturated rings. The van der Waals surface area contributed by atoms with Crippen molar-refractivity contribution in [2.75, 3.05) is 6.61 Å². The van der Waals surface area contributed by atoms with Crippen LogP contribution in [-0.4, -0.2) is 23.2 Å². The normalized spacial score (nSPS) is 53.6. The summed E-state index contributed by atoms with van der Waals surface area (Å²) in [5.41, 5.74) is 0.608. The molecule has 102 valence electrons. The van der Waals surface area contributed by atoms with Crippen LogP contribution in [-0.2, 0) is 4.79 Å². The van der Waals surface area contributed by atoms with E-state index in [1.165, 1.54) is 6.42 Å². The zero-order valence-electron chi connectivity index (χ0n) is 11.8. The quantitative estimate of drug-likeness (QED) is 0.790. The summed E-state index contributed by atoms with van der Waals surface area (Å²) in [5.74, 6) is 0.0808. The Balaban J connectivity index is 2.02. The molecule has 18 heavy (non-hydrogen) atoms. The van der Waals surface area contributed by atoms with Crippen LogP contribution in [0.5, 0.6) is 0 Å². The molecule has 0 radical (unpaired) electrons. The molecule has 0 spiro atoms. The predicted octanol–water partition coefficient (Wildman–Crippen LogP) is 2.23. The minimum Gasteiger partial charge on any atom is -0.396 e. The Morgan fingerprint density at radius 3 is 2.06 bits per heavy atom. The molecule has 2 unspecified atom stereocenters. The van der Waals surface area contributed by atoms with Gasteiger partial charge in [-0.05, 0) is 54.8 Å². The molecule has 1 amide bonds. The summed E-state index contributed by atoms with van der Waals surface area (Å²) in [4.78, 5) is 11.6. The van der Waals surface area contributed by atoms with Crippen molar-refractivity contribution in [3.05, 3.63) is 0 Å². The zero-order chi connectivity index (χ0) is 13.2. The Morgan fingerprint density at radius 1 is 1.06 bits per heavy atom. The first-order valence-electron chi connectivity index (χ1n) is 7.12. The molecule has 4 bridgehead atoms. The third-order valence-electron chi connectivity index (χ3n) is 5.48. The highest BCUT2D eigenvalue weighted by atomic mass is 16.3. The highest BCUT2D eigenvalue weighted by molar-refractivity contribution is 5.74. The average Bonchev–Trinajstić information content (AvgIpc) is 2.09. The maximum absolute atomic E-state index is 11.6. The predicted molar refractivity (Wildman–Crippen MR) is 70.0 cm³/mol. The standard InChI is InChI=1S/C15H25NO2/c1-11(18)16-15-7-12(2)4-13(3,8-15)6-14(5-12,9-15)10-17/h17H,4-10H2,1-3H3,(H,16,18). The average molecular weight is 251 g/mol. The van der Waals surface area contributed by atoms with Crippen LogP contribution in [0.15, 0.2) is 0 Å². The second-order valence-corrected chi connectivity index (χ2v) is 8.30. The first-order valence-corrected chi connectivity index (χ1v) is 7.12. The highest BCUT2D eigenvalue weighted by Crippen LogP contribution is 2.70. The van der Waals surface area contributed by atoms with Gasteiger partial charge < -0.3 is 10.4 Å². The van der Waals surface area contributed by atoms with Gasteiger partial charge >= 0.3 is 0 Å². The Bertz CT molecular complexity index is 385. The maximum atomic E-state index is 11.6. The van der Waals surface area contributed by atoms with E-state index in [1.807, 2.05) is 0 Å². The van der Waals surface area contributed by atoms with Gasteiger partial charge in [-0.3, -0.25) is 4.79 Å². The van der Waals surface area contributed by atoms with Crippen molar-refractivity contribution in [2.24, 2.45) is 16.2 Å². The van der Waals surface area contributed by atoms with Crippen molar-refractivity contribution < 1.29 is 9.90 Å². The monoisotopic (exact) mass is 251 g/mol. The number of amides is 1. The molecular formula is C15H25NO2. The fourth-order valence-corrected chi connectivity index (χ4v) is 6.62. The third kappa shape index (κ3) is 1.70. The van der Waals surface area contributed by atoms with E-state index in [0.29, 0.717) is 10.8 Å². The molecule has 0 aliphatic heterocycles. The van der Waals surface area contributed by atoms with Crippen LogP contribution in [0, 0.1) is 16.2 Å². The largest absolute Gasteiger partial charge is 0.396 e. The molecule has 4 rings (SSSR count). The molecule has 4 saturated carbocycles. The Hall–Kier alpha value is -0.570. The minimum atomic E-state index is -0.0488. The molecule has 2 atom stereocenters. The summed E-state index contributed by atoms with van der Waals surface area (Å²) >= 11 is 0. The molecule has 0 saturated heterocycles. The van der Waals surface area contributed by atoms with Crippen LogP contribution in [0.3, 0.4) is 0 Å². The van der Waals surface area contributed by atoms with E-state index in [1.54, 1.807) is 6.92 Å². The molecule has 0 aromatic rings. The summed E-state index contributed by atoms with van der Waals surface area (Å²) in [6.07, 6.45) is 6.68. The van der Waals surface area contributed by atoms with Crippen molar-refractivity contribution >= 4 is 5.91 Å². The first-order chi connectivity index (χ1) is 8.22. The summed E-state index contributed by atoms with van der Waals surface area (Å²) in [6.45, 7) is 6.60. The van der Waals surface area contributed by atoms with E-state index in [0.717, 1.165) is 32.1 Å². The Morgan fingerprint density at radius 2 is 1.61 bits per heavy atom. The van der Waals surface area contributed by atoms with Crippen molar-refractivity contribution in [3.63, 3.8) is 0 Å².